The van der Waals surface area contributed by atoms with E-state index >= 15 is 0 Å². The van der Waals surface area contributed by atoms with Gasteiger partial charge in [-0.1, -0.05) is 0 Å². The van der Waals surface area contributed by atoms with Crippen molar-refractivity contribution in [2.45, 2.75) is 18.9 Å². The van der Waals surface area contributed by atoms with Crippen LogP contribution in [0.15, 0.2) is 24.3 Å². The van der Waals surface area contributed by atoms with Crippen molar-refractivity contribution in [3.05, 3.63) is 29.8 Å². The van der Waals surface area contributed by atoms with Crippen LogP contribution >= 0.6 is 0 Å². The Balaban J connectivity index is 2.11. The van der Waals surface area contributed by atoms with Gasteiger partial charge in [-0.15, -0.1) is 0 Å². The molecule has 0 aromatic heterocycles. The minimum atomic E-state index is -0.304. The zero-order chi connectivity index (χ0) is 12.5. The van der Waals surface area contributed by atoms with Crippen LogP contribution in [0.2, 0.25) is 0 Å². The molecule has 1 aromatic carbocycles. The van der Waals surface area contributed by atoms with Crippen LogP contribution in [-0.4, -0.2) is 31.7 Å². The fourth-order valence-electron chi connectivity index (χ4n) is 2.13. The van der Waals surface area contributed by atoms with Crippen molar-refractivity contribution in [1.82, 2.24) is 0 Å². The van der Waals surface area contributed by atoms with E-state index in [1.165, 1.54) is 7.11 Å². The van der Waals surface area contributed by atoms with Crippen LogP contribution < -0.4 is 10.6 Å². The highest BCUT2D eigenvalue weighted by atomic mass is 16.5. The maximum atomic E-state index is 11.3. The predicted octanol–water partition coefficient (Wildman–Crippen LogP) is 1.40. The number of hydrogen-bond donors (Lipinski definition) is 1. The van der Waals surface area contributed by atoms with Gasteiger partial charge in [-0.3, -0.25) is 0 Å². The number of anilines is 1. The summed E-state index contributed by atoms with van der Waals surface area (Å²) in [4.78, 5) is 13.5. The molecule has 1 aliphatic heterocycles. The first kappa shape index (κ1) is 11.9. The molecule has 1 saturated heterocycles. The summed E-state index contributed by atoms with van der Waals surface area (Å²) in [5.74, 6) is -0.304. The Morgan fingerprint density at radius 1 is 1.41 bits per heavy atom. The van der Waals surface area contributed by atoms with Crippen molar-refractivity contribution in [3.63, 3.8) is 0 Å². The number of benzene rings is 1. The van der Waals surface area contributed by atoms with Crippen molar-refractivity contribution >= 4 is 11.7 Å². The van der Waals surface area contributed by atoms with Gasteiger partial charge in [-0.05, 0) is 37.6 Å². The Kier molecular flexibility index (Phi) is 3.07. The van der Waals surface area contributed by atoms with E-state index < -0.39 is 0 Å². The average Bonchev–Trinajstić information content (AvgIpc) is 2.69. The SMILES string of the molecule is COC(=O)c1ccc(N2CCC(C)(N)C2)cc1. The molecule has 0 saturated carbocycles. The maximum absolute atomic E-state index is 11.3. The molecule has 1 atom stereocenters. The number of nitrogens with zero attached hydrogens (tertiary/aromatic N) is 1. The highest BCUT2D eigenvalue weighted by Gasteiger charge is 2.29. The summed E-state index contributed by atoms with van der Waals surface area (Å²) in [6.07, 6.45) is 0.992. The van der Waals surface area contributed by atoms with E-state index in [0.29, 0.717) is 5.56 Å². The zero-order valence-corrected chi connectivity index (χ0v) is 10.3. The van der Waals surface area contributed by atoms with E-state index in [9.17, 15) is 4.79 Å². The van der Waals surface area contributed by atoms with Gasteiger partial charge in [0, 0.05) is 24.3 Å². The number of ether oxygens (including phenoxy) is 1. The van der Waals surface area contributed by atoms with Crippen molar-refractivity contribution < 1.29 is 9.53 Å². The second kappa shape index (κ2) is 4.37. The Bertz CT molecular complexity index is 412. The van der Waals surface area contributed by atoms with Gasteiger partial charge in [-0.2, -0.15) is 0 Å². The highest BCUT2D eigenvalue weighted by molar-refractivity contribution is 5.89. The number of esters is 1. The molecular formula is C13H18N2O2. The molecule has 0 radical (unpaired) electrons. The second-order valence-corrected chi connectivity index (χ2v) is 4.86. The van der Waals surface area contributed by atoms with Crippen molar-refractivity contribution in [2.24, 2.45) is 5.73 Å². The van der Waals surface area contributed by atoms with Crippen molar-refractivity contribution in [3.8, 4) is 0 Å². The van der Waals surface area contributed by atoms with Crippen LogP contribution in [0.5, 0.6) is 0 Å². The zero-order valence-electron chi connectivity index (χ0n) is 10.3. The first-order valence-electron chi connectivity index (χ1n) is 5.74. The summed E-state index contributed by atoms with van der Waals surface area (Å²) >= 11 is 0. The average molecular weight is 234 g/mol. The lowest BCUT2D eigenvalue weighted by Crippen LogP contribution is -2.39. The first-order valence-corrected chi connectivity index (χ1v) is 5.74. The lowest BCUT2D eigenvalue weighted by atomic mass is 10.0. The van der Waals surface area contributed by atoms with Gasteiger partial charge in [0.15, 0.2) is 0 Å². The number of carbonyl (C=O) groups is 1. The summed E-state index contributed by atoms with van der Waals surface area (Å²) in [6.45, 7) is 3.88. The third-order valence-electron chi connectivity index (χ3n) is 3.16. The number of rotatable bonds is 2. The Morgan fingerprint density at radius 3 is 2.53 bits per heavy atom. The Hall–Kier alpha value is -1.55. The molecule has 1 fully saturated rings. The summed E-state index contributed by atoms with van der Waals surface area (Å²) in [5.41, 5.74) is 7.66. The molecule has 1 aliphatic rings. The van der Waals surface area contributed by atoms with Gasteiger partial charge in [-0.25, -0.2) is 4.79 Å². The summed E-state index contributed by atoms with van der Waals surface area (Å²) < 4.78 is 4.66. The molecule has 1 aromatic rings. The second-order valence-electron chi connectivity index (χ2n) is 4.86. The molecule has 0 bridgehead atoms. The highest BCUT2D eigenvalue weighted by Crippen LogP contribution is 2.25. The molecule has 1 heterocycles. The van der Waals surface area contributed by atoms with Crippen LogP contribution in [0.1, 0.15) is 23.7 Å². The van der Waals surface area contributed by atoms with Crippen molar-refractivity contribution in [1.29, 1.82) is 0 Å². The third-order valence-corrected chi connectivity index (χ3v) is 3.16. The van der Waals surface area contributed by atoms with E-state index in [4.69, 9.17) is 5.73 Å². The van der Waals surface area contributed by atoms with Crippen LogP contribution in [-0.2, 0) is 4.74 Å². The number of nitrogens with two attached hydrogens (primary N) is 1. The third kappa shape index (κ3) is 2.58. The Morgan fingerprint density at radius 2 is 2.06 bits per heavy atom. The molecule has 92 valence electrons. The van der Waals surface area contributed by atoms with Gasteiger partial charge in [0.1, 0.15) is 0 Å². The predicted molar refractivity (Wildman–Crippen MR) is 67.2 cm³/mol. The summed E-state index contributed by atoms with van der Waals surface area (Å²) in [7, 11) is 1.39. The van der Waals surface area contributed by atoms with Gasteiger partial charge in [0.2, 0.25) is 0 Å². The normalized spacial score (nSPS) is 23.8. The molecule has 1 unspecified atom stereocenters. The fraction of sp³-hybridized carbons (Fsp3) is 0.462. The van der Waals surface area contributed by atoms with Gasteiger partial charge in [0.25, 0.3) is 0 Å². The molecule has 4 nitrogen and oxygen atoms in total. The number of methoxy groups -OCH3 is 1. The van der Waals surface area contributed by atoms with E-state index in [1.54, 1.807) is 12.1 Å². The molecular weight excluding hydrogens is 216 g/mol. The first-order chi connectivity index (χ1) is 8.02. The minimum Gasteiger partial charge on any atom is -0.465 e. The van der Waals surface area contributed by atoms with Crippen LogP contribution in [0, 0.1) is 0 Å². The van der Waals surface area contributed by atoms with Gasteiger partial charge in [0.05, 0.1) is 12.7 Å². The van der Waals surface area contributed by atoms with Gasteiger partial charge >= 0.3 is 5.97 Å². The van der Waals surface area contributed by atoms with E-state index in [1.807, 2.05) is 12.1 Å². The molecule has 2 rings (SSSR count). The van der Waals surface area contributed by atoms with E-state index in [-0.39, 0.29) is 11.5 Å². The lowest BCUT2D eigenvalue weighted by Gasteiger charge is -2.21. The van der Waals surface area contributed by atoms with Crippen LogP contribution in [0.3, 0.4) is 0 Å². The van der Waals surface area contributed by atoms with Crippen molar-refractivity contribution in [2.75, 3.05) is 25.1 Å². The number of hydrogen-bond acceptors (Lipinski definition) is 4. The summed E-state index contributed by atoms with van der Waals surface area (Å²) in [5, 5.41) is 0. The smallest absolute Gasteiger partial charge is 0.337 e. The Labute approximate surface area is 101 Å². The standard InChI is InChI=1S/C13H18N2O2/c1-13(14)7-8-15(9-13)11-5-3-10(4-6-11)12(16)17-2/h3-6H,7-9,14H2,1-2H3. The monoisotopic (exact) mass is 234 g/mol. The van der Waals surface area contributed by atoms with Crippen LogP contribution in [0.25, 0.3) is 0 Å². The molecule has 0 amide bonds. The van der Waals surface area contributed by atoms with Crippen LogP contribution in [0.4, 0.5) is 5.69 Å². The molecule has 0 aliphatic carbocycles. The molecule has 2 N–H and O–H groups in total. The van der Waals surface area contributed by atoms with E-state index in [2.05, 4.69) is 16.6 Å². The lowest BCUT2D eigenvalue weighted by molar-refractivity contribution is 0.0601. The quantitative estimate of drug-likeness (QED) is 0.786. The molecule has 4 heteroatoms. The van der Waals surface area contributed by atoms with Gasteiger partial charge < -0.3 is 15.4 Å². The number of carbonyl (C=O) groups excluding carboxylic acids is 1. The maximum Gasteiger partial charge on any atom is 0.337 e. The fourth-order valence-corrected chi connectivity index (χ4v) is 2.13. The minimum absolute atomic E-state index is 0.110. The molecule has 17 heavy (non-hydrogen) atoms. The summed E-state index contributed by atoms with van der Waals surface area (Å²) in [6, 6.07) is 7.45. The van der Waals surface area contributed by atoms with E-state index in [0.717, 1.165) is 25.2 Å². The largest absolute Gasteiger partial charge is 0.465 e. The molecule has 0 spiro atoms. The topological polar surface area (TPSA) is 55.6 Å².